The lowest BCUT2D eigenvalue weighted by Gasteiger charge is -2.17. The zero-order chi connectivity index (χ0) is 23.1. The lowest BCUT2D eigenvalue weighted by Crippen LogP contribution is -2.17. The Balaban J connectivity index is 1.71. The molecule has 3 rings (SSSR count). The molecule has 1 aromatic heterocycles. The van der Waals surface area contributed by atoms with E-state index in [1.165, 1.54) is 11.8 Å². The molecule has 1 heterocycles. The van der Waals surface area contributed by atoms with Gasteiger partial charge in [-0.3, -0.25) is 9.36 Å². The number of para-hydroxylation sites is 3. The van der Waals surface area contributed by atoms with Crippen molar-refractivity contribution in [2.24, 2.45) is 0 Å². The first-order chi connectivity index (χ1) is 15.4. The minimum Gasteiger partial charge on any atom is -0.493 e. The monoisotopic (exact) mass is 452 g/mol. The number of amides is 1. The summed E-state index contributed by atoms with van der Waals surface area (Å²) in [7, 11) is 1.60. The van der Waals surface area contributed by atoms with E-state index >= 15 is 0 Å². The molecule has 3 aromatic rings. The lowest BCUT2D eigenvalue weighted by atomic mass is 10.1. The number of ether oxygens (including phenoxy) is 2. The molecular formula is C24H28N4O3S. The first kappa shape index (κ1) is 23.4. The van der Waals surface area contributed by atoms with Crippen LogP contribution in [0, 0.1) is 13.8 Å². The first-order valence-corrected chi connectivity index (χ1v) is 11.3. The normalized spacial score (nSPS) is 11.6. The number of hydrogen-bond donors (Lipinski definition) is 1. The van der Waals surface area contributed by atoms with Crippen LogP contribution in [0.25, 0.3) is 0 Å². The fraction of sp³-hybridized carbons (Fsp3) is 0.292. The van der Waals surface area contributed by atoms with Gasteiger partial charge in [-0.2, -0.15) is 0 Å². The minimum absolute atomic E-state index is 0.0968. The van der Waals surface area contributed by atoms with Gasteiger partial charge in [-0.05, 0) is 44.0 Å². The maximum Gasteiger partial charge on any atom is 0.234 e. The van der Waals surface area contributed by atoms with E-state index in [2.05, 4.69) is 22.1 Å². The number of allylic oxidation sites excluding steroid dienone is 1. The van der Waals surface area contributed by atoms with Crippen molar-refractivity contribution >= 4 is 23.4 Å². The average molecular weight is 453 g/mol. The Hall–Kier alpha value is -3.26. The van der Waals surface area contributed by atoms with Crippen molar-refractivity contribution in [3.63, 3.8) is 0 Å². The Labute approximate surface area is 192 Å². The number of rotatable bonds is 10. The Bertz CT molecular complexity index is 1080. The van der Waals surface area contributed by atoms with Crippen LogP contribution in [0.1, 0.15) is 30.0 Å². The van der Waals surface area contributed by atoms with Gasteiger partial charge in [0.25, 0.3) is 0 Å². The molecule has 1 unspecified atom stereocenters. The molecular weight excluding hydrogens is 424 g/mol. The van der Waals surface area contributed by atoms with Crippen LogP contribution in [0.3, 0.4) is 0 Å². The number of carbonyl (C=O) groups is 1. The average Bonchev–Trinajstić information content (AvgIpc) is 3.18. The van der Waals surface area contributed by atoms with Crippen LogP contribution in [0.4, 0.5) is 5.69 Å². The van der Waals surface area contributed by atoms with Crippen molar-refractivity contribution in [3.05, 3.63) is 72.1 Å². The second-order valence-corrected chi connectivity index (χ2v) is 8.20. The molecule has 7 nitrogen and oxygen atoms in total. The van der Waals surface area contributed by atoms with Gasteiger partial charge in [-0.1, -0.05) is 48.2 Å². The highest BCUT2D eigenvalue weighted by atomic mass is 32.2. The fourth-order valence-corrected chi connectivity index (χ4v) is 4.04. The largest absolute Gasteiger partial charge is 0.493 e. The molecule has 0 saturated carbocycles. The number of nitrogens with zero attached hydrogens (tertiary/aromatic N) is 3. The summed E-state index contributed by atoms with van der Waals surface area (Å²) in [6.07, 6.45) is 1.39. The molecule has 2 aromatic carbocycles. The SMILES string of the molecule is C=CCn1c(SCC(=O)Nc2c(C)cccc2C)nnc1C(C)Oc1ccccc1OC. The molecule has 0 bridgehead atoms. The molecule has 0 aliphatic rings. The number of hydrogen-bond acceptors (Lipinski definition) is 6. The summed E-state index contributed by atoms with van der Waals surface area (Å²) in [6, 6.07) is 13.4. The van der Waals surface area contributed by atoms with Crippen molar-refractivity contribution in [2.45, 2.75) is 38.6 Å². The fourth-order valence-electron chi connectivity index (χ4n) is 3.28. The molecule has 0 aliphatic heterocycles. The lowest BCUT2D eigenvalue weighted by molar-refractivity contribution is -0.113. The zero-order valence-corrected chi connectivity index (χ0v) is 19.6. The molecule has 0 saturated heterocycles. The third-order valence-electron chi connectivity index (χ3n) is 4.87. The van der Waals surface area contributed by atoms with E-state index in [-0.39, 0.29) is 17.8 Å². The maximum absolute atomic E-state index is 12.6. The van der Waals surface area contributed by atoms with E-state index in [0.717, 1.165) is 16.8 Å². The Morgan fingerprint density at radius 1 is 1.16 bits per heavy atom. The summed E-state index contributed by atoms with van der Waals surface area (Å²) in [5, 5.41) is 12.2. The zero-order valence-electron chi connectivity index (χ0n) is 18.8. The first-order valence-electron chi connectivity index (χ1n) is 10.3. The quantitative estimate of drug-likeness (QED) is 0.346. The summed E-state index contributed by atoms with van der Waals surface area (Å²) in [5.74, 6) is 2.03. The summed E-state index contributed by atoms with van der Waals surface area (Å²) in [6.45, 7) is 10.2. The number of methoxy groups -OCH3 is 1. The van der Waals surface area contributed by atoms with Crippen LogP contribution >= 0.6 is 11.8 Å². The highest BCUT2D eigenvalue weighted by Crippen LogP contribution is 2.31. The molecule has 0 aliphatic carbocycles. The third-order valence-corrected chi connectivity index (χ3v) is 5.84. The number of nitrogens with one attached hydrogen (secondary N) is 1. The topological polar surface area (TPSA) is 78.3 Å². The second kappa shape index (κ2) is 10.9. The standard InChI is InChI=1S/C24H28N4O3S/c1-6-14-28-23(18(4)31-20-13-8-7-12-19(20)30-5)26-27-24(28)32-15-21(29)25-22-16(2)10-9-11-17(22)3/h6-13,18H,1,14-15H2,2-5H3,(H,25,29). The molecule has 168 valence electrons. The minimum atomic E-state index is -0.378. The second-order valence-electron chi connectivity index (χ2n) is 7.25. The van der Waals surface area contributed by atoms with Gasteiger partial charge >= 0.3 is 0 Å². The molecule has 8 heteroatoms. The number of aryl methyl sites for hydroxylation is 2. The highest BCUT2D eigenvalue weighted by molar-refractivity contribution is 7.99. The molecule has 1 amide bonds. The van der Waals surface area contributed by atoms with E-state index in [1.54, 1.807) is 13.2 Å². The number of anilines is 1. The molecule has 32 heavy (non-hydrogen) atoms. The Morgan fingerprint density at radius 3 is 2.50 bits per heavy atom. The smallest absolute Gasteiger partial charge is 0.234 e. The Morgan fingerprint density at radius 2 is 1.84 bits per heavy atom. The maximum atomic E-state index is 12.6. The predicted octanol–water partition coefficient (Wildman–Crippen LogP) is 4.96. The van der Waals surface area contributed by atoms with E-state index < -0.39 is 0 Å². The van der Waals surface area contributed by atoms with Gasteiger partial charge in [0.15, 0.2) is 28.6 Å². The molecule has 1 N–H and O–H groups in total. The van der Waals surface area contributed by atoms with E-state index in [0.29, 0.717) is 29.0 Å². The molecule has 0 radical (unpaired) electrons. The summed E-state index contributed by atoms with van der Waals surface area (Å²) < 4.78 is 13.4. The van der Waals surface area contributed by atoms with E-state index in [9.17, 15) is 4.79 Å². The van der Waals surface area contributed by atoms with Crippen LogP contribution in [-0.4, -0.2) is 33.5 Å². The van der Waals surface area contributed by atoms with Crippen molar-refractivity contribution in [3.8, 4) is 11.5 Å². The van der Waals surface area contributed by atoms with Gasteiger partial charge in [0.05, 0.1) is 12.9 Å². The Kier molecular flexibility index (Phi) is 7.94. The van der Waals surface area contributed by atoms with Crippen LogP contribution < -0.4 is 14.8 Å². The van der Waals surface area contributed by atoms with Crippen LogP contribution in [0.2, 0.25) is 0 Å². The van der Waals surface area contributed by atoms with Crippen LogP contribution in [0.15, 0.2) is 60.3 Å². The molecule has 1 atom stereocenters. The third kappa shape index (κ3) is 5.50. The van der Waals surface area contributed by atoms with E-state index in [4.69, 9.17) is 9.47 Å². The predicted molar refractivity (Wildman–Crippen MR) is 128 cm³/mol. The number of carbonyl (C=O) groups excluding carboxylic acids is 1. The number of aromatic nitrogens is 3. The molecule has 0 spiro atoms. The van der Waals surface area contributed by atoms with E-state index in [1.807, 2.05) is 67.8 Å². The highest BCUT2D eigenvalue weighted by Gasteiger charge is 2.21. The van der Waals surface area contributed by atoms with Crippen molar-refractivity contribution in [1.29, 1.82) is 0 Å². The van der Waals surface area contributed by atoms with Gasteiger partial charge in [-0.25, -0.2) is 0 Å². The summed E-state index contributed by atoms with van der Waals surface area (Å²) >= 11 is 1.33. The summed E-state index contributed by atoms with van der Waals surface area (Å²) in [5.41, 5.74) is 2.91. The van der Waals surface area contributed by atoms with Gasteiger partial charge < -0.3 is 14.8 Å². The van der Waals surface area contributed by atoms with Gasteiger partial charge in [0, 0.05) is 12.2 Å². The van der Waals surface area contributed by atoms with Gasteiger partial charge in [0.2, 0.25) is 5.91 Å². The van der Waals surface area contributed by atoms with Crippen molar-refractivity contribution in [2.75, 3.05) is 18.2 Å². The summed E-state index contributed by atoms with van der Waals surface area (Å²) in [4.78, 5) is 12.6. The number of benzene rings is 2. The van der Waals surface area contributed by atoms with Gasteiger partial charge in [0.1, 0.15) is 0 Å². The van der Waals surface area contributed by atoms with Crippen LogP contribution in [0.5, 0.6) is 11.5 Å². The van der Waals surface area contributed by atoms with Crippen LogP contribution in [-0.2, 0) is 11.3 Å². The van der Waals surface area contributed by atoms with Gasteiger partial charge in [-0.15, -0.1) is 16.8 Å². The number of thioether (sulfide) groups is 1. The molecule has 0 fully saturated rings. The van der Waals surface area contributed by atoms with Crippen molar-refractivity contribution < 1.29 is 14.3 Å². The van der Waals surface area contributed by atoms with Crippen molar-refractivity contribution in [1.82, 2.24) is 14.8 Å².